The van der Waals surface area contributed by atoms with Gasteiger partial charge in [0.05, 0.1) is 18.9 Å². The van der Waals surface area contributed by atoms with Gasteiger partial charge in [0.25, 0.3) is 0 Å². The molecule has 1 aromatic carbocycles. The number of carbonyl (C=O) groups excluding carboxylic acids is 1. The van der Waals surface area contributed by atoms with Crippen LogP contribution in [0.15, 0.2) is 29.2 Å². The molecular weight excluding hydrogens is 282 g/mol. The molecule has 0 spiro atoms. The lowest BCUT2D eigenvalue weighted by molar-refractivity contribution is -0.117. The number of hydrogen-bond acceptors (Lipinski definition) is 5. The molecule has 110 valence electrons. The van der Waals surface area contributed by atoms with E-state index in [1.165, 1.54) is 12.1 Å². The van der Waals surface area contributed by atoms with E-state index in [0.717, 1.165) is 0 Å². The van der Waals surface area contributed by atoms with Crippen LogP contribution >= 0.6 is 0 Å². The third-order valence-corrected chi connectivity index (χ3v) is 3.87. The van der Waals surface area contributed by atoms with Crippen molar-refractivity contribution in [1.29, 1.82) is 0 Å². The van der Waals surface area contributed by atoms with E-state index in [4.69, 9.17) is 9.88 Å². The summed E-state index contributed by atoms with van der Waals surface area (Å²) in [5.74, 6) is -0.288. The van der Waals surface area contributed by atoms with Gasteiger partial charge in [-0.2, -0.15) is 0 Å². The van der Waals surface area contributed by atoms with Crippen LogP contribution in [-0.4, -0.2) is 40.1 Å². The quantitative estimate of drug-likeness (QED) is 0.704. The lowest BCUT2D eigenvalue weighted by atomic mass is 10.2. The van der Waals surface area contributed by atoms with E-state index < -0.39 is 10.0 Å². The summed E-state index contributed by atoms with van der Waals surface area (Å²) in [5, 5.41) is 10.8. The SMILES string of the molecule is NS(=O)(=O)c1ccccc1NC(=O)CC1COCCN1. The Labute approximate surface area is 117 Å². The molecule has 1 amide bonds. The number of sulfonamides is 1. The molecule has 1 saturated heterocycles. The summed E-state index contributed by atoms with van der Waals surface area (Å²) in [6.07, 6.45) is 0.207. The van der Waals surface area contributed by atoms with Crippen LogP contribution in [0.25, 0.3) is 0 Å². The fourth-order valence-electron chi connectivity index (χ4n) is 1.99. The maximum atomic E-state index is 11.9. The summed E-state index contributed by atoms with van der Waals surface area (Å²) >= 11 is 0. The largest absolute Gasteiger partial charge is 0.378 e. The number of carbonyl (C=O) groups is 1. The zero-order valence-corrected chi connectivity index (χ0v) is 11.7. The summed E-state index contributed by atoms with van der Waals surface area (Å²) in [4.78, 5) is 11.8. The van der Waals surface area contributed by atoms with Crippen molar-refractivity contribution in [3.63, 3.8) is 0 Å². The summed E-state index contributed by atoms with van der Waals surface area (Å²) in [7, 11) is -3.87. The van der Waals surface area contributed by atoms with Crippen LogP contribution in [0.4, 0.5) is 5.69 Å². The number of nitrogens with two attached hydrogens (primary N) is 1. The second-order valence-electron chi connectivity index (χ2n) is 4.52. The minimum absolute atomic E-state index is 0.0644. The fourth-order valence-corrected chi connectivity index (χ4v) is 2.69. The first-order chi connectivity index (χ1) is 9.47. The molecule has 1 fully saturated rings. The van der Waals surface area contributed by atoms with Gasteiger partial charge in [-0.1, -0.05) is 12.1 Å². The number of morpholine rings is 1. The Morgan fingerprint density at radius 2 is 2.20 bits per heavy atom. The number of para-hydroxylation sites is 1. The van der Waals surface area contributed by atoms with E-state index in [-0.39, 0.29) is 29.0 Å². The number of benzene rings is 1. The molecule has 1 heterocycles. The Kier molecular flexibility index (Phi) is 4.71. The van der Waals surface area contributed by atoms with E-state index in [2.05, 4.69) is 10.6 Å². The van der Waals surface area contributed by atoms with Crippen molar-refractivity contribution in [2.75, 3.05) is 25.1 Å². The molecule has 20 heavy (non-hydrogen) atoms. The third kappa shape index (κ3) is 4.01. The summed E-state index contributed by atoms with van der Waals surface area (Å²) in [5.41, 5.74) is 0.191. The van der Waals surface area contributed by atoms with Crippen molar-refractivity contribution in [1.82, 2.24) is 5.32 Å². The lowest BCUT2D eigenvalue weighted by Gasteiger charge is -2.23. The molecule has 0 bridgehead atoms. The highest BCUT2D eigenvalue weighted by molar-refractivity contribution is 7.89. The standard InChI is InChI=1S/C12H17N3O4S/c13-20(17,18)11-4-2-1-3-10(11)15-12(16)7-9-8-19-6-5-14-9/h1-4,9,14H,5-8H2,(H,15,16)(H2,13,17,18). The maximum absolute atomic E-state index is 11.9. The molecule has 8 heteroatoms. The molecule has 4 N–H and O–H groups in total. The highest BCUT2D eigenvalue weighted by Crippen LogP contribution is 2.19. The maximum Gasteiger partial charge on any atom is 0.240 e. The predicted octanol–water partition coefficient (Wildman–Crippen LogP) is -0.349. The van der Waals surface area contributed by atoms with Gasteiger partial charge >= 0.3 is 0 Å². The fraction of sp³-hybridized carbons (Fsp3) is 0.417. The van der Waals surface area contributed by atoms with Crippen LogP contribution in [0.2, 0.25) is 0 Å². The number of ether oxygens (including phenoxy) is 1. The number of rotatable bonds is 4. The van der Waals surface area contributed by atoms with E-state index >= 15 is 0 Å². The van der Waals surface area contributed by atoms with Crippen molar-refractivity contribution in [3.05, 3.63) is 24.3 Å². The van der Waals surface area contributed by atoms with Gasteiger partial charge in [-0.15, -0.1) is 0 Å². The monoisotopic (exact) mass is 299 g/mol. The van der Waals surface area contributed by atoms with E-state index in [0.29, 0.717) is 19.8 Å². The molecule has 1 unspecified atom stereocenters. The van der Waals surface area contributed by atoms with Gasteiger partial charge in [0.15, 0.2) is 0 Å². The van der Waals surface area contributed by atoms with Crippen molar-refractivity contribution in [2.45, 2.75) is 17.4 Å². The van der Waals surface area contributed by atoms with E-state index in [1.807, 2.05) is 0 Å². The second kappa shape index (κ2) is 6.31. The predicted molar refractivity (Wildman–Crippen MR) is 73.7 cm³/mol. The first-order valence-corrected chi connectivity index (χ1v) is 7.74. The van der Waals surface area contributed by atoms with Crippen LogP contribution in [0.3, 0.4) is 0 Å². The van der Waals surface area contributed by atoms with Crippen LogP contribution in [-0.2, 0) is 19.6 Å². The molecule has 2 rings (SSSR count). The average molecular weight is 299 g/mol. The van der Waals surface area contributed by atoms with Crippen LogP contribution in [0, 0.1) is 0 Å². The van der Waals surface area contributed by atoms with Gasteiger partial charge in [0.2, 0.25) is 15.9 Å². The highest BCUT2D eigenvalue weighted by Gasteiger charge is 2.19. The molecule has 0 aromatic heterocycles. The number of anilines is 1. The van der Waals surface area contributed by atoms with Gasteiger partial charge in [0, 0.05) is 19.0 Å². The normalized spacial score (nSPS) is 19.6. The van der Waals surface area contributed by atoms with Crippen LogP contribution in [0.5, 0.6) is 0 Å². The smallest absolute Gasteiger partial charge is 0.240 e. The van der Waals surface area contributed by atoms with E-state index in [1.54, 1.807) is 12.1 Å². The summed E-state index contributed by atoms with van der Waals surface area (Å²) < 4.78 is 28.1. The topological polar surface area (TPSA) is 111 Å². The zero-order valence-electron chi connectivity index (χ0n) is 10.8. The Bertz CT molecular complexity index is 582. The van der Waals surface area contributed by atoms with Crippen LogP contribution in [0.1, 0.15) is 6.42 Å². The number of primary sulfonamides is 1. The Morgan fingerprint density at radius 1 is 1.45 bits per heavy atom. The van der Waals surface area contributed by atoms with Crippen molar-refractivity contribution in [3.8, 4) is 0 Å². The molecule has 1 atom stereocenters. The molecule has 0 saturated carbocycles. The highest BCUT2D eigenvalue weighted by atomic mass is 32.2. The van der Waals surface area contributed by atoms with E-state index in [9.17, 15) is 13.2 Å². The van der Waals surface area contributed by atoms with Gasteiger partial charge in [-0.3, -0.25) is 4.79 Å². The van der Waals surface area contributed by atoms with Gasteiger partial charge < -0.3 is 15.4 Å². The lowest BCUT2D eigenvalue weighted by Crippen LogP contribution is -2.43. The molecular formula is C12H17N3O4S. The molecule has 1 aliphatic rings. The van der Waals surface area contributed by atoms with Gasteiger partial charge in [-0.25, -0.2) is 13.6 Å². The molecule has 7 nitrogen and oxygen atoms in total. The second-order valence-corrected chi connectivity index (χ2v) is 6.05. The number of hydrogen-bond donors (Lipinski definition) is 3. The van der Waals surface area contributed by atoms with Crippen LogP contribution < -0.4 is 15.8 Å². The molecule has 0 radical (unpaired) electrons. The number of amides is 1. The Hall–Kier alpha value is -1.48. The van der Waals surface area contributed by atoms with Gasteiger partial charge in [-0.05, 0) is 12.1 Å². The minimum atomic E-state index is -3.87. The first-order valence-electron chi connectivity index (χ1n) is 6.19. The summed E-state index contributed by atoms with van der Waals surface area (Å²) in [6, 6.07) is 5.97. The molecule has 1 aromatic rings. The molecule has 1 aliphatic heterocycles. The number of nitrogens with one attached hydrogen (secondary N) is 2. The molecule has 0 aliphatic carbocycles. The Morgan fingerprint density at radius 3 is 2.85 bits per heavy atom. The Balaban J connectivity index is 2.04. The van der Waals surface area contributed by atoms with Crippen molar-refractivity contribution in [2.24, 2.45) is 5.14 Å². The van der Waals surface area contributed by atoms with Crippen molar-refractivity contribution >= 4 is 21.6 Å². The first kappa shape index (κ1) is 14.9. The zero-order chi connectivity index (χ0) is 14.6. The van der Waals surface area contributed by atoms with Crippen molar-refractivity contribution < 1.29 is 17.9 Å². The summed E-state index contributed by atoms with van der Waals surface area (Å²) in [6.45, 7) is 1.79. The minimum Gasteiger partial charge on any atom is -0.378 e. The van der Waals surface area contributed by atoms with Gasteiger partial charge in [0.1, 0.15) is 4.90 Å². The third-order valence-electron chi connectivity index (χ3n) is 2.90. The average Bonchev–Trinajstić information content (AvgIpc) is 2.39.